The lowest BCUT2D eigenvalue weighted by molar-refractivity contribution is -0.131. The molecule has 1 aliphatic rings. The quantitative estimate of drug-likeness (QED) is 0.823. The minimum absolute atomic E-state index is 0.00228. The van der Waals surface area contributed by atoms with Crippen molar-refractivity contribution in [1.82, 2.24) is 9.21 Å². The standard InChI is InChI=1S/C17H26N2O3S/c1-4-23(21,22)18(3)16-9-11-19(12-10-16)17(20)13-15-8-6-5-7-14(15)2/h5-8,16H,4,9-13H2,1-3H3. The van der Waals surface area contributed by atoms with Crippen LogP contribution in [0.4, 0.5) is 0 Å². The Balaban J connectivity index is 1.92. The Morgan fingerprint density at radius 2 is 1.87 bits per heavy atom. The molecule has 1 amide bonds. The molecule has 1 saturated heterocycles. The van der Waals surface area contributed by atoms with Gasteiger partial charge in [-0.2, -0.15) is 0 Å². The molecule has 6 heteroatoms. The van der Waals surface area contributed by atoms with Gasteiger partial charge >= 0.3 is 0 Å². The highest BCUT2D eigenvalue weighted by Gasteiger charge is 2.30. The predicted octanol–water partition coefficient (Wildman–Crippen LogP) is 1.81. The van der Waals surface area contributed by atoms with Gasteiger partial charge in [0, 0.05) is 26.2 Å². The van der Waals surface area contributed by atoms with Gasteiger partial charge in [-0.15, -0.1) is 0 Å². The van der Waals surface area contributed by atoms with Gasteiger partial charge < -0.3 is 4.90 Å². The molecule has 23 heavy (non-hydrogen) atoms. The lowest BCUT2D eigenvalue weighted by atomic mass is 10.0. The maximum Gasteiger partial charge on any atom is 0.227 e. The van der Waals surface area contributed by atoms with Crippen molar-refractivity contribution in [3.8, 4) is 0 Å². The molecule has 0 aromatic heterocycles. The Labute approximate surface area is 139 Å². The molecular weight excluding hydrogens is 312 g/mol. The number of piperidine rings is 1. The third-order valence-electron chi connectivity index (χ3n) is 4.74. The number of nitrogens with zero attached hydrogens (tertiary/aromatic N) is 2. The van der Waals surface area contributed by atoms with E-state index in [9.17, 15) is 13.2 Å². The summed E-state index contributed by atoms with van der Waals surface area (Å²) in [6.07, 6.45) is 1.82. The van der Waals surface area contributed by atoms with Crippen LogP contribution in [0.15, 0.2) is 24.3 Å². The number of hydrogen-bond donors (Lipinski definition) is 0. The Morgan fingerprint density at radius 1 is 1.26 bits per heavy atom. The van der Waals surface area contributed by atoms with Gasteiger partial charge in [0.2, 0.25) is 15.9 Å². The van der Waals surface area contributed by atoms with Crippen LogP contribution >= 0.6 is 0 Å². The minimum atomic E-state index is -3.16. The summed E-state index contributed by atoms with van der Waals surface area (Å²) < 4.78 is 25.4. The van der Waals surface area contributed by atoms with E-state index < -0.39 is 10.0 Å². The van der Waals surface area contributed by atoms with Crippen LogP contribution in [-0.2, 0) is 21.2 Å². The van der Waals surface area contributed by atoms with E-state index in [1.807, 2.05) is 36.1 Å². The molecule has 0 atom stereocenters. The summed E-state index contributed by atoms with van der Waals surface area (Å²) in [6.45, 7) is 4.92. The number of sulfonamides is 1. The van der Waals surface area contributed by atoms with Crippen LogP contribution in [0.25, 0.3) is 0 Å². The molecule has 0 saturated carbocycles. The van der Waals surface area contributed by atoms with Crippen LogP contribution in [0.5, 0.6) is 0 Å². The van der Waals surface area contributed by atoms with E-state index in [-0.39, 0.29) is 17.7 Å². The fourth-order valence-corrected chi connectivity index (χ4v) is 4.07. The highest BCUT2D eigenvalue weighted by Crippen LogP contribution is 2.19. The van der Waals surface area contributed by atoms with Crippen molar-refractivity contribution in [2.75, 3.05) is 25.9 Å². The maximum atomic E-state index is 12.4. The largest absolute Gasteiger partial charge is 0.342 e. The normalized spacial score (nSPS) is 16.8. The highest BCUT2D eigenvalue weighted by molar-refractivity contribution is 7.89. The van der Waals surface area contributed by atoms with Gasteiger partial charge in [0.1, 0.15) is 0 Å². The molecule has 1 aromatic carbocycles. The van der Waals surface area contributed by atoms with Crippen molar-refractivity contribution in [2.24, 2.45) is 0 Å². The molecule has 1 fully saturated rings. The Hall–Kier alpha value is -1.40. The van der Waals surface area contributed by atoms with Crippen LogP contribution in [-0.4, -0.2) is 55.5 Å². The van der Waals surface area contributed by atoms with E-state index in [4.69, 9.17) is 0 Å². The van der Waals surface area contributed by atoms with E-state index in [0.29, 0.717) is 32.4 Å². The molecule has 1 aromatic rings. The van der Waals surface area contributed by atoms with Gasteiger partial charge in [0.05, 0.1) is 12.2 Å². The van der Waals surface area contributed by atoms with Gasteiger partial charge in [0.15, 0.2) is 0 Å². The second-order valence-corrected chi connectivity index (χ2v) is 8.45. The summed E-state index contributed by atoms with van der Waals surface area (Å²) in [6, 6.07) is 7.93. The molecule has 0 spiro atoms. The zero-order valence-electron chi connectivity index (χ0n) is 14.2. The predicted molar refractivity (Wildman–Crippen MR) is 91.7 cm³/mol. The SMILES string of the molecule is CCS(=O)(=O)N(C)C1CCN(C(=O)Cc2ccccc2C)CC1. The van der Waals surface area contributed by atoms with Crippen molar-refractivity contribution in [2.45, 2.75) is 39.2 Å². The van der Waals surface area contributed by atoms with Gasteiger partial charge in [-0.05, 0) is 37.8 Å². The second kappa shape index (κ2) is 7.45. The molecule has 0 unspecified atom stereocenters. The molecule has 1 heterocycles. The summed E-state index contributed by atoms with van der Waals surface area (Å²) in [4.78, 5) is 14.3. The van der Waals surface area contributed by atoms with E-state index in [0.717, 1.165) is 11.1 Å². The van der Waals surface area contributed by atoms with E-state index in [1.165, 1.54) is 4.31 Å². The highest BCUT2D eigenvalue weighted by atomic mass is 32.2. The summed E-state index contributed by atoms with van der Waals surface area (Å²) in [7, 11) is -1.51. The molecule has 5 nitrogen and oxygen atoms in total. The Kier molecular flexibility index (Phi) is 5.81. The van der Waals surface area contributed by atoms with Crippen LogP contribution in [0.1, 0.15) is 30.9 Å². The number of aryl methyl sites for hydroxylation is 1. The molecular formula is C17H26N2O3S. The fourth-order valence-electron chi connectivity index (χ4n) is 2.99. The van der Waals surface area contributed by atoms with Gasteiger partial charge in [-0.1, -0.05) is 24.3 Å². The first kappa shape index (κ1) is 17.9. The monoisotopic (exact) mass is 338 g/mol. The van der Waals surface area contributed by atoms with Crippen LogP contribution in [0, 0.1) is 6.92 Å². The average molecular weight is 338 g/mol. The molecule has 128 valence electrons. The summed E-state index contributed by atoms with van der Waals surface area (Å²) in [5.41, 5.74) is 2.19. The number of hydrogen-bond acceptors (Lipinski definition) is 3. The first-order valence-electron chi connectivity index (χ1n) is 8.13. The first-order valence-corrected chi connectivity index (χ1v) is 9.74. The molecule has 0 bridgehead atoms. The molecule has 0 radical (unpaired) electrons. The maximum absolute atomic E-state index is 12.4. The topological polar surface area (TPSA) is 57.7 Å². The first-order chi connectivity index (χ1) is 10.8. The van der Waals surface area contributed by atoms with Crippen molar-refractivity contribution < 1.29 is 13.2 Å². The van der Waals surface area contributed by atoms with Crippen molar-refractivity contribution >= 4 is 15.9 Å². The lowest BCUT2D eigenvalue weighted by Gasteiger charge is -2.36. The zero-order valence-corrected chi connectivity index (χ0v) is 15.0. The molecule has 0 N–H and O–H groups in total. The van der Waals surface area contributed by atoms with Crippen molar-refractivity contribution in [3.63, 3.8) is 0 Å². The van der Waals surface area contributed by atoms with Gasteiger partial charge in [0.25, 0.3) is 0 Å². The Morgan fingerprint density at radius 3 is 2.43 bits per heavy atom. The third-order valence-corrected chi connectivity index (χ3v) is 6.64. The fraction of sp³-hybridized carbons (Fsp3) is 0.588. The van der Waals surface area contributed by atoms with Crippen LogP contribution < -0.4 is 0 Å². The summed E-state index contributed by atoms with van der Waals surface area (Å²) in [5.74, 6) is 0.245. The van der Waals surface area contributed by atoms with Crippen LogP contribution in [0.2, 0.25) is 0 Å². The Bertz CT molecular complexity index is 650. The molecule has 2 rings (SSSR count). The molecule has 1 aliphatic heterocycles. The average Bonchev–Trinajstić information content (AvgIpc) is 2.56. The lowest BCUT2D eigenvalue weighted by Crippen LogP contribution is -2.47. The number of amides is 1. The van der Waals surface area contributed by atoms with E-state index >= 15 is 0 Å². The summed E-state index contributed by atoms with van der Waals surface area (Å²) in [5, 5.41) is 0. The van der Waals surface area contributed by atoms with E-state index in [1.54, 1.807) is 14.0 Å². The summed E-state index contributed by atoms with van der Waals surface area (Å²) >= 11 is 0. The van der Waals surface area contributed by atoms with E-state index in [2.05, 4.69) is 0 Å². The van der Waals surface area contributed by atoms with Crippen LogP contribution in [0.3, 0.4) is 0 Å². The second-order valence-electron chi connectivity index (χ2n) is 6.13. The smallest absolute Gasteiger partial charge is 0.227 e. The molecule has 0 aliphatic carbocycles. The number of likely N-dealkylation sites (tertiary alicyclic amines) is 1. The van der Waals surface area contributed by atoms with Crippen molar-refractivity contribution in [1.29, 1.82) is 0 Å². The number of rotatable bonds is 5. The zero-order chi connectivity index (χ0) is 17.0. The number of benzene rings is 1. The third kappa shape index (κ3) is 4.32. The van der Waals surface area contributed by atoms with Gasteiger partial charge in [-0.3, -0.25) is 4.79 Å². The minimum Gasteiger partial charge on any atom is -0.342 e. The number of carbonyl (C=O) groups is 1. The van der Waals surface area contributed by atoms with Crippen molar-refractivity contribution in [3.05, 3.63) is 35.4 Å². The number of carbonyl (C=O) groups excluding carboxylic acids is 1. The van der Waals surface area contributed by atoms with Gasteiger partial charge in [-0.25, -0.2) is 12.7 Å².